The molecule has 4 N–H and O–H groups in total. The molecule has 1 aliphatic heterocycles. The molecule has 4 heterocycles. The summed E-state index contributed by atoms with van der Waals surface area (Å²) in [5, 5.41) is 0.866. The van der Waals surface area contributed by atoms with E-state index in [4.69, 9.17) is 5.73 Å². The van der Waals surface area contributed by atoms with Gasteiger partial charge in [0.05, 0.1) is 23.3 Å². The summed E-state index contributed by atoms with van der Waals surface area (Å²) in [5.41, 5.74) is 6.40. The number of piperidine rings is 1. The molecule has 2 aliphatic rings. The molecule has 0 unspecified atom stereocenters. The van der Waals surface area contributed by atoms with Crippen molar-refractivity contribution in [1.29, 1.82) is 0 Å². The molecule has 2 fully saturated rings. The summed E-state index contributed by atoms with van der Waals surface area (Å²) in [6.45, 7) is 0.984. The molecule has 0 radical (unpaired) electrons. The van der Waals surface area contributed by atoms with Gasteiger partial charge in [-0.15, -0.1) is 0 Å². The second-order valence-electron chi connectivity index (χ2n) is 7.55. The number of pyridine rings is 1. The van der Waals surface area contributed by atoms with E-state index in [2.05, 4.69) is 15.0 Å². The smallest absolute Gasteiger partial charge is 0.326 e. The second kappa shape index (κ2) is 5.45. The minimum Gasteiger partial charge on any atom is -0.369 e. The third kappa shape index (κ3) is 2.23. The van der Waals surface area contributed by atoms with Crippen LogP contribution in [-0.4, -0.2) is 49.3 Å². The average Bonchev–Trinajstić information content (AvgIpc) is 3.21. The van der Waals surface area contributed by atoms with Crippen LogP contribution in [0.15, 0.2) is 23.3 Å². The molecule has 0 spiro atoms. The summed E-state index contributed by atoms with van der Waals surface area (Å²) in [6.07, 6.45) is 6.03. The quantitative estimate of drug-likeness (QED) is 0.586. The van der Waals surface area contributed by atoms with Gasteiger partial charge in [0.2, 0.25) is 11.8 Å². The van der Waals surface area contributed by atoms with E-state index in [1.54, 1.807) is 21.9 Å². The number of hydrogen-bond acceptors (Lipinski definition) is 4. The zero-order valence-corrected chi connectivity index (χ0v) is 14.7. The molecule has 1 saturated heterocycles. The van der Waals surface area contributed by atoms with Gasteiger partial charge in [0.1, 0.15) is 11.1 Å². The molecule has 3 aromatic heterocycles. The number of aromatic nitrogens is 4. The lowest BCUT2D eigenvalue weighted by molar-refractivity contribution is -0.144. The zero-order chi connectivity index (χ0) is 18.8. The van der Waals surface area contributed by atoms with Crippen LogP contribution in [0.5, 0.6) is 0 Å². The number of nitrogens with two attached hydrogens (primary N) is 1. The van der Waals surface area contributed by atoms with Crippen molar-refractivity contribution in [2.24, 2.45) is 11.1 Å². The van der Waals surface area contributed by atoms with Gasteiger partial charge < -0.3 is 20.6 Å². The van der Waals surface area contributed by atoms with Gasteiger partial charge in [0.15, 0.2) is 0 Å². The Labute approximate surface area is 153 Å². The van der Waals surface area contributed by atoms with Crippen molar-refractivity contribution in [2.75, 3.05) is 13.1 Å². The third-order valence-electron chi connectivity index (χ3n) is 5.94. The van der Waals surface area contributed by atoms with Crippen LogP contribution in [0.25, 0.3) is 22.1 Å². The highest BCUT2D eigenvalue weighted by molar-refractivity contribution is 6.07. The molecule has 0 bridgehead atoms. The molecule has 2 amide bonds. The fraction of sp³-hybridized carbons (Fsp3) is 0.444. The van der Waals surface area contributed by atoms with Gasteiger partial charge in [0, 0.05) is 24.7 Å². The molecule has 27 heavy (non-hydrogen) atoms. The number of imidazole rings is 1. The number of carbonyl (C=O) groups is 2. The Hall–Kier alpha value is -3.10. The SMILES string of the molecule is NC(=O)C1(C(=O)N2CCC[C@@H](n3c(=O)[nH]c4cnc5[nH]ccc5c43)C2)CC1. The van der Waals surface area contributed by atoms with Crippen molar-refractivity contribution >= 4 is 33.9 Å². The number of aromatic amines is 2. The first-order chi connectivity index (χ1) is 13.0. The van der Waals surface area contributed by atoms with E-state index >= 15 is 0 Å². The summed E-state index contributed by atoms with van der Waals surface area (Å²) in [5.74, 6) is -0.736. The van der Waals surface area contributed by atoms with Crippen LogP contribution in [0.1, 0.15) is 31.7 Å². The number of primary amides is 1. The Morgan fingerprint density at radius 1 is 1.33 bits per heavy atom. The number of nitrogens with one attached hydrogen (secondary N) is 2. The lowest BCUT2D eigenvalue weighted by Gasteiger charge is -2.35. The van der Waals surface area contributed by atoms with Gasteiger partial charge in [-0.1, -0.05) is 0 Å². The van der Waals surface area contributed by atoms with Gasteiger partial charge >= 0.3 is 5.69 Å². The number of hydrogen-bond donors (Lipinski definition) is 3. The van der Waals surface area contributed by atoms with Crippen molar-refractivity contribution in [1.82, 2.24) is 24.4 Å². The first kappa shape index (κ1) is 16.1. The topological polar surface area (TPSA) is 130 Å². The molecular weight excluding hydrogens is 348 g/mol. The van der Waals surface area contributed by atoms with Crippen molar-refractivity contribution in [3.05, 3.63) is 28.9 Å². The van der Waals surface area contributed by atoms with Crippen LogP contribution in [0, 0.1) is 5.41 Å². The number of rotatable bonds is 3. The van der Waals surface area contributed by atoms with Crippen LogP contribution in [0.3, 0.4) is 0 Å². The molecule has 140 valence electrons. The predicted octanol–water partition coefficient (Wildman–Crippen LogP) is 0.635. The fourth-order valence-corrected chi connectivity index (χ4v) is 4.31. The summed E-state index contributed by atoms with van der Waals surface area (Å²) >= 11 is 0. The van der Waals surface area contributed by atoms with E-state index < -0.39 is 11.3 Å². The van der Waals surface area contributed by atoms with Gasteiger partial charge in [0.25, 0.3) is 0 Å². The Balaban J connectivity index is 1.54. The lowest BCUT2D eigenvalue weighted by Crippen LogP contribution is -2.48. The van der Waals surface area contributed by atoms with Crippen molar-refractivity contribution in [2.45, 2.75) is 31.7 Å². The van der Waals surface area contributed by atoms with E-state index in [0.717, 1.165) is 23.7 Å². The Morgan fingerprint density at radius 3 is 2.89 bits per heavy atom. The van der Waals surface area contributed by atoms with Crippen molar-refractivity contribution in [3.8, 4) is 0 Å². The highest BCUT2D eigenvalue weighted by Gasteiger charge is 2.57. The normalized spacial score (nSPS) is 21.6. The maximum absolute atomic E-state index is 12.9. The maximum atomic E-state index is 12.9. The summed E-state index contributed by atoms with van der Waals surface area (Å²) < 4.78 is 1.73. The summed E-state index contributed by atoms with van der Waals surface area (Å²) in [4.78, 5) is 49.2. The van der Waals surface area contributed by atoms with E-state index in [9.17, 15) is 14.4 Å². The third-order valence-corrected chi connectivity index (χ3v) is 5.94. The number of H-pyrrole nitrogens is 2. The minimum absolute atomic E-state index is 0.159. The first-order valence-electron chi connectivity index (χ1n) is 9.17. The van der Waals surface area contributed by atoms with Crippen LogP contribution in [0.4, 0.5) is 0 Å². The summed E-state index contributed by atoms with van der Waals surface area (Å²) in [7, 11) is 0. The number of nitrogens with zero attached hydrogens (tertiary/aromatic N) is 3. The second-order valence-corrected chi connectivity index (χ2v) is 7.55. The van der Waals surface area contributed by atoms with E-state index in [0.29, 0.717) is 37.1 Å². The Bertz CT molecular complexity index is 1140. The number of likely N-dealkylation sites (tertiary alicyclic amines) is 1. The van der Waals surface area contributed by atoms with Gasteiger partial charge in [-0.3, -0.25) is 14.2 Å². The number of carbonyl (C=O) groups excluding carboxylic acids is 2. The summed E-state index contributed by atoms with van der Waals surface area (Å²) in [6, 6.07) is 1.74. The minimum atomic E-state index is -1.02. The Morgan fingerprint density at radius 2 is 2.15 bits per heavy atom. The molecule has 1 aliphatic carbocycles. The molecule has 3 aromatic rings. The molecule has 9 nitrogen and oxygen atoms in total. The van der Waals surface area contributed by atoms with Crippen LogP contribution < -0.4 is 11.4 Å². The van der Waals surface area contributed by atoms with Crippen LogP contribution in [0.2, 0.25) is 0 Å². The molecule has 1 atom stereocenters. The standard InChI is InChI=1S/C18H20N6O3/c19-15(25)18(4-5-18)16(26)23-7-1-2-10(9-23)24-13-11-3-6-20-14(11)21-8-12(13)22-17(24)27/h3,6,8,10H,1-2,4-5,7,9H2,(H2,19,25)(H,20,21)(H,22,27)/t10-/m1/s1. The molecule has 0 aromatic carbocycles. The largest absolute Gasteiger partial charge is 0.369 e. The molecule has 9 heteroatoms. The van der Waals surface area contributed by atoms with Crippen LogP contribution >= 0.6 is 0 Å². The molecule has 1 saturated carbocycles. The number of amides is 2. The van der Waals surface area contributed by atoms with Gasteiger partial charge in [-0.2, -0.15) is 0 Å². The number of fused-ring (bicyclic) bond motifs is 3. The van der Waals surface area contributed by atoms with Crippen molar-refractivity contribution < 1.29 is 9.59 Å². The Kier molecular flexibility index (Phi) is 3.25. The van der Waals surface area contributed by atoms with E-state index in [-0.39, 0.29) is 17.6 Å². The van der Waals surface area contributed by atoms with Crippen LogP contribution in [-0.2, 0) is 9.59 Å². The fourth-order valence-electron chi connectivity index (χ4n) is 4.31. The maximum Gasteiger partial charge on any atom is 0.326 e. The predicted molar refractivity (Wildman–Crippen MR) is 97.9 cm³/mol. The zero-order valence-electron chi connectivity index (χ0n) is 14.7. The highest BCUT2D eigenvalue weighted by Crippen LogP contribution is 2.47. The lowest BCUT2D eigenvalue weighted by atomic mass is 9.99. The average molecular weight is 368 g/mol. The molecule has 5 rings (SSSR count). The van der Waals surface area contributed by atoms with Crippen molar-refractivity contribution in [3.63, 3.8) is 0 Å². The van der Waals surface area contributed by atoms with E-state index in [1.165, 1.54) is 0 Å². The first-order valence-corrected chi connectivity index (χ1v) is 9.17. The van der Waals surface area contributed by atoms with Gasteiger partial charge in [-0.25, -0.2) is 9.78 Å². The van der Waals surface area contributed by atoms with E-state index in [1.807, 2.05) is 6.07 Å². The van der Waals surface area contributed by atoms with Gasteiger partial charge in [-0.05, 0) is 31.7 Å². The monoisotopic (exact) mass is 368 g/mol. The highest BCUT2D eigenvalue weighted by atomic mass is 16.2. The molecular formula is C18H20N6O3.